The first kappa shape index (κ1) is 22.1. The maximum absolute atomic E-state index is 12.5. The predicted octanol–water partition coefficient (Wildman–Crippen LogP) is 4.42. The van der Waals surface area contributed by atoms with Crippen molar-refractivity contribution >= 4 is 28.3 Å². The minimum Gasteiger partial charge on any atom is -0.457 e. The average molecular weight is 444 g/mol. The molecule has 0 aliphatic carbocycles. The van der Waals surface area contributed by atoms with E-state index in [1.165, 1.54) is 31.3 Å². The second-order valence-electron chi connectivity index (χ2n) is 6.24. The van der Waals surface area contributed by atoms with Crippen molar-refractivity contribution in [2.75, 3.05) is 12.4 Å². The van der Waals surface area contributed by atoms with E-state index in [4.69, 9.17) is 4.74 Å². The maximum Gasteiger partial charge on any atom is 0.316 e. The smallest absolute Gasteiger partial charge is 0.316 e. The standard InChI is InChI=1S/C22H18F2N2O4S/c1-25-21(28)18-4-2-3-5-19(18)30-16-10-8-15(9-11-16)26-20(27)14-6-12-17(13-7-14)31(29)22(23)24/h2-13,22H,1H3,(H,25,28)(H,26,27). The van der Waals surface area contributed by atoms with Gasteiger partial charge in [0.15, 0.2) is 0 Å². The fraction of sp³-hybridized carbons (Fsp3) is 0.0909. The molecule has 0 bridgehead atoms. The summed E-state index contributed by atoms with van der Waals surface area (Å²) in [5.74, 6) is -2.85. The van der Waals surface area contributed by atoms with Crippen molar-refractivity contribution in [3.05, 3.63) is 83.9 Å². The fourth-order valence-electron chi connectivity index (χ4n) is 2.66. The van der Waals surface area contributed by atoms with Crippen molar-refractivity contribution < 1.29 is 27.3 Å². The van der Waals surface area contributed by atoms with Crippen molar-refractivity contribution in [3.63, 3.8) is 0 Å². The molecule has 0 saturated heterocycles. The van der Waals surface area contributed by atoms with Gasteiger partial charge in [0.1, 0.15) is 22.3 Å². The van der Waals surface area contributed by atoms with Gasteiger partial charge in [0.2, 0.25) is 0 Å². The summed E-state index contributed by atoms with van der Waals surface area (Å²) in [4.78, 5) is 24.2. The zero-order valence-corrected chi connectivity index (χ0v) is 17.1. The fourth-order valence-corrected chi connectivity index (χ4v) is 3.27. The van der Waals surface area contributed by atoms with Crippen molar-refractivity contribution in [2.45, 2.75) is 10.7 Å². The van der Waals surface area contributed by atoms with Crippen LogP contribution in [0, 0.1) is 0 Å². The van der Waals surface area contributed by atoms with Crippen molar-refractivity contribution in [1.29, 1.82) is 0 Å². The lowest BCUT2D eigenvalue weighted by atomic mass is 10.2. The first-order valence-corrected chi connectivity index (χ1v) is 10.3. The van der Waals surface area contributed by atoms with Crippen molar-refractivity contribution in [1.82, 2.24) is 5.32 Å². The normalized spacial score (nSPS) is 11.6. The number of para-hydroxylation sites is 1. The van der Waals surface area contributed by atoms with Crippen LogP contribution in [-0.4, -0.2) is 28.8 Å². The Morgan fingerprint density at radius 3 is 2.16 bits per heavy atom. The third kappa shape index (κ3) is 5.52. The SMILES string of the molecule is CNC(=O)c1ccccc1Oc1ccc(NC(=O)c2ccc(S(=O)C(F)F)cc2)cc1. The summed E-state index contributed by atoms with van der Waals surface area (Å²) in [6.07, 6.45) is 0. The Morgan fingerprint density at radius 2 is 1.55 bits per heavy atom. The molecular weight excluding hydrogens is 426 g/mol. The molecule has 0 aliphatic rings. The number of halogens is 2. The molecule has 1 atom stereocenters. The lowest BCUT2D eigenvalue weighted by Gasteiger charge is -2.11. The molecule has 0 radical (unpaired) electrons. The van der Waals surface area contributed by atoms with Gasteiger partial charge in [0, 0.05) is 23.2 Å². The summed E-state index contributed by atoms with van der Waals surface area (Å²) in [6, 6.07) is 18.4. The van der Waals surface area contributed by atoms with Gasteiger partial charge in [-0.25, -0.2) is 4.21 Å². The molecule has 0 aromatic heterocycles. The molecule has 2 N–H and O–H groups in total. The van der Waals surface area contributed by atoms with E-state index >= 15 is 0 Å². The number of carbonyl (C=O) groups excluding carboxylic acids is 2. The van der Waals surface area contributed by atoms with E-state index < -0.39 is 22.5 Å². The van der Waals surface area contributed by atoms with Gasteiger partial charge >= 0.3 is 5.76 Å². The molecule has 3 aromatic carbocycles. The minimum absolute atomic E-state index is 0.0508. The second-order valence-corrected chi connectivity index (χ2v) is 7.66. The van der Waals surface area contributed by atoms with Crippen LogP contribution in [-0.2, 0) is 10.8 Å². The zero-order chi connectivity index (χ0) is 22.4. The van der Waals surface area contributed by atoms with E-state index in [1.807, 2.05) is 0 Å². The molecule has 0 saturated carbocycles. The molecule has 3 aromatic rings. The molecule has 0 fully saturated rings. The molecule has 3 rings (SSSR count). The van der Waals surface area contributed by atoms with E-state index in [0.717, 1.165) is 0 Å². The molecular formula is C22H18F2N2O4S. The molecule has 1 unspecified atom stereocenters. The van der Waals surface area contributed by atoms with E-state index in [2.05, 4.69) is 10.6 Å². The second kappa shape index (κ2) is 9.94. The first-order valence-electron chi connectivity index (χ1n) is 9.08. The lowest BCUT2D eigenvalue weighted by molar-refractivity contribution is 0.0959. The number of rotatable bonds is 7. The average Bonchev–Trinajstić information content (AvgIpc) is 2.79. The number of ether oxygens (including phenoxy) is 1. The van der Waals surface area contributed by atoms with Crippen LogP contribution in [0.2, 0.25) is 0 Å². The van der Waals surface area contributed by atoms with Crippen LogP contribution >= 0.6 is 0 Å². The third-order valence-electron chi connectivity index (χ3n) is 4.21. The van der Waals surface area contributed by atoms with Gasteiger partial charge in [-0.3, -0.25) is 9.59 Å². The predicted molar refractivity (Wildman–Crippen MR) is 113 cm³/mol. The number of nitrogens with one attached hydrogen (secondary N) is 2. The molecule has 0 heterocycles. The molecule has 31 heavy (non-hydrogen) atoms. The quantitative estimate of drug-likeness (QED) is 0.565. The Hall–Kier alpha value is -3.59. The van der Waals surface area contributed by atoms with Crippen LogP contribution in [0.25, 0.3) is 0 Å². The third-order valence-corrected chi connectivity index (χ3v) is 5.27. The summed E-state index contributed by atoms with van der Waals surface area (Å²) in [5.41, 5.74) is 1.10. The lowest BCUT2D eigenvalue weighted by Crippen LogP contribution is -2.18. The Bertz CT molecular complexity index is 1100. The van der Waals surface area contributed by atoms with Crippen LogP contribution in [0.3, 0.4) is 0 Å². The minimum atomic E-state index is -2.98. The highest BCUT2D eigenvalue weighted by atomic mass is 32.2. The van der Waals surface area contributed by atoms with Crippen LogP contribution in [0.1, 0.15) is 20.7 Å². The van der Waals surface area contributed by atoms with E-state index in [-0.39, 0.29) is 16.4 Å². The number of benzene rings is 3. The van der Waals surface area contributed by atoms with Crippen LogP contribution < -0.4 is 15.4 Å². The number of amides is 2. The van der Waals surface area contributed by atoms with Gasteiger partial charge in [-0.15, -0.1) is 0 Å². The van der Waals surface area contributed by atoms with E-state index in [1.54, 1.807) is 48.5 Å². The zero-order valence-electron chi connectivity index (χ0n) is 16.3. The molecule has 6 nitrogen and oxygen atoms in total. The van der Waals surface area contributed by atoms with Crippen LogP contribution in [0.15, 0.2) is 77.7 Å². The summed E-state index contributed by atoms with van der Waals surface area (Å²) < 4.78 is 42.2. The Kier molecular flexibility index (Phi) is 7.09. The molecule has 9 heteroatoms. The van der Waals surface area contributed by atoms with Gasteiger partial charge < -0.3 is 15.4 Å². The topological polar surface area (TPSA) is 84.5 Å². The van der Waals surface area contributed by atoms with Crippen LogP contribution in [0.5, 0.6) is 11.5 Å². The Labute approximate surface area is 179 Å². The van der Waals surface area contributed by atoms with Crippen LogP contribution in [0.4, 0.5) is 14.5 Å². The summed E-state index contributed by atoms with van der Waals surface area (Å²) in [7, 11) is -0.894. The largest absolute Gasteiger partial charge is 0.457 e. The number of alkyl halides is 2. The monoisotopic (exact) mass is 444 g/mol. The molecule has 2 amide bonds. The van der Waals surface area contributed by atoms with Gasteiger partial charge in [-0.05, 0) is 60.7 Å². The highest BCUT2D eigenvalue weighted by molar-refractivity contribution is 7.85. The summed E-state index contributed by atoms with van der Waals surface area (Å²) >= 11 is 0. The van der Waals surface area contributed by atoms with Crippen molar-refractivity contribution in [3.8, 4) is 11.5 Å². The highest BCUT2D eigenvalue weighted by Crippen LogP contribution is 2.26. The number of hydrogen-bond donors (Lipinski definition) is 2. The molecule has 160 valence electrons. The maximum atomic E-state index is 12.5. The van der Waals surface area contributed by atoms with Gasteiger partial charge in [0.05, 0.1) is 5.56 Å². The Balaban J connectivity index is 1.67. The van der Waals surface area contributed by atoms with Gasteiger partial charge in [0.25, 0.3) is 11.8 Å². The highest BCUT2D eigenvalue weighted by Gasteiger charge is 2.16. The van der Waals surface area contributed by atoms with Gasteiger partial charge in [-0.2, -0.15) is 8.78 Å². The first-order chi connectivity index (χ1) is 14.9. The molecule has 0 spiro atoms. The Morgan fingerprint density at radius 1 is 0.903 bits per heavy atom. The number of hydrogen-bond acceptors (Lipinski definition) is 4. The summed E-state index contributed by atoms with van der Waals surface area (Å²) in [5, 5.41) is 5.23. The number of anilines is 1. The molecule has 0 aliphatic heterocycles. The summed E-state index contributed by atoms with van der Waals surface area (Å²) in [6.45, 7) is 0. The number of carbonyl (C=O) groups is 2. The van der Waals surface area contributed by atoms with E-state index in [0.29, 0.717) is 22.7 Å². The van der Waals surface area contributed by atoms with Crippen molar-refractivity contribution in [2.24, 2.45) is 0 Å². The van der Waals surface area contributed by atoms with E-state index in [9.17, 15) is 22.6 Å². The van der Waals surface area contributed by atoms with Gasteiger partial charge in [-0.1, -0.05) is 12.1 Å².